The lowest BCUT2D eigenvalue weighted by atomic mass is 9.94. The molecule has 0 radical (unpaired) electrons. The molecule has 18 heteroatoms. The summed E-state index contributed by atoms with van der Waals surface area (Å²) in [4.78, 5) is 114. The number of rotatable bonds is 16. The van der Waals surface area contributed by atoms with E-state index in [1.807, 2.05) is 88.4 Å². The third-order valence-electron chi connectivity index (χ3n) is 14.0. The van der Waals surface area contributed by atoms with Crippen molar-refractivity contribution in [2.75, 3.05) is 13.1 Å². The molecule has 1 aliphatic heterocycles. The molecule has 0 unspecified atom stereocenters. The second-order valence-corrected chi connectivity index (χ2v) is 22.7. The zero-order valence-electron chi connectivity index (χ0n) is 48.5. The summed E-state index contributed by atoms with van der Waals surface area (Å²) in [6.45, 7) is 22.3. The molecular formula is C60H94N10O8. The third kappa shape index (κ3) is 22.2. The number of hydrogen-bond acceptors (Lipinski definition) is 10. The van der Waals surface area contributed by atoms with Gasteiger partial charge in [-0.05, 0) is 113 Å². The minimum absolute atomic E-state index is 0.0442. The Morgan fingerprint density at radius 2 is 0.692 bits per heavy atom. The average molecular weight is 1080 g/mol. The summed E-state index contributed by atoms with van der Waals surface area (Å²) in [5.74, 6) is -6.76. The number of hydrogen-bond donors (Lipinski definition) is 10. The van der Waals surface area contributed by atoms with Gasteiger partial charge >= 0.3 is 0 Å². The number of carbonyl (C=O) groups is 8. The number of nitrogens with two attached hydrogens (primary N) is 2. The van der Waals surface area contributed by atoms with Crippen molar-refractivity contribution in [1.29, 1.82) is 0 Å². The molecule has 0 bridgehead atoms. The Balaban J connectivity index is 2.22. The molecular weight excluding hydrogens is 989 g/mol. The van der Waals surface area contributed by atoms with Crippen LogP contribution in [0.25, 0.3) is 0 Å². The lowest BCUT2D eigenvalue weighted by Crippen LogP contribution is -2.59. The zero-order chi connectivity index (χ0) is 58.2. The molecule has 12 N–H and O–H groups in total. The summed E-state index contributed by atoms with van der Waals surface area (Å²) >= 11 is 0. The molecule has 0 aliphatic carbocycles. The number of benzene rings is 2. The van der Waals surface area contributed by atoms with Gasteiger partial charge in [-0.25, -0.2) is 0 Å². The lowest BCUT2D eigenvalue weighted by molar-refractivity contribution is -0.135. The van der Waals surface area contributed by atoms with E-state index in [0.717, 1.165) is 11.1 Å². The van der Waals surface area contributed by atoms with Crippen molar-refractivity contribution in [3.63, 3.8) is 0 Å². The van der Waals surface area contributed by atoms with E-state index in [1.54, 1.807) is 67.5 Å². The number of amides is 8. The van der Waals surface area contributed by atoms with Crippen molar-refractivity contribution in [2.24, 2.45) is 47.0 Å². The molecule has 3 rings (SSSR count). The van der Waals surface area contributed by atoms with Crippen LogP contribution in [-0.2, 0) is 51.2 Å². The highest BCUT2D eigenvalue weighted by Gasteiger charge is 2.35. The largest absolute Gasteiger partial charge is 0.348 e. The Morgan fingerprint density at radius 1 is 0.397 bits per heavy atom. The van der Waals surface area contributed by atoms with Crippen LogP contribution in [0.3, 0.4) is 0 Å². The first-order valence-electron chi connectivity index (χ1n) is 28.1. The highest BCUT2D eigenvalue weighted by atomic mass is 16.2. The van der Waals surface area contributed by atoms with Crippen LogP contribution in [0.2, 0.25) is 0 Å². The van der Waals surface area contributed by atoms with Crippen LogP contribution < -0.4 is 54.0 Å². The molecule has 1 heterocycles. The van der Waals surface area contributed by atoms with E-state index in [4.69, 9.17) is 11.5 Å². The van der Waals surface area contributed by atoms with Crippen LogP contribution in [0.5, 0.6) is 0 Å². The van der Waals surface area contributed by atoms with Crippen molar-refractivity contribution in [3.05, 3.63) is 95.1 Å². The van der Waals surface area contributed by atoms with Gasteiger partial charge in [-0.2, -0.15) is 0 Å². The minimum Gasteiger partial charge on any atom is -0.348 e. The molecule has 0 saturated carbocycles. The summed E-state index contributed by atoms with van der Waals surface area (Å²) in [6.07, 6.45) is 5.72. The smallest absolute Gasteiger partial charge is 0.243 e. The fraction of sp³-hybridized carbons (Fsp3) is 0.600. The van der Waals surface area contributed by atoms with Crippen molar-refractivity contribution in [1.82, 2.24) is 42.5 Å². The van der Waals surface area contributed by atoms with Gasteiger partial charge in [-0.1, -0.05) is 153 Å². The molecule has 0 aromatic heterocycles. The Bertz CT molecular complexity index is 2180. The van der Waals surface area contributed by atoms with E-state index in [-0.39, 0.29) is 50.6 Å². The van der Waals surface area contributed by atoms with Gasteiger partial charge in [0.15, 0.2) is 0 Å². The Hall–Kier alpha value is -6.40. The Kier molecular flexibility index (Phi) is 28.0. The molecule has 18 nitrogen and oxygen atoms in total. The molecule has 2 aromatic carbocycles. The monoisotopic (exact) mass is 1080 g/mol. The molecule has 0 saturated heterocycles. The van der Waals surface area contributed by atoms with Crippen LogP contribution in [-0.4, -0.2) is 109 Å². The molecule has 78 heavy (non-hydrogen) atoms. The van der Waals surface area contributed by atoms with Crippen LogP contribution in [0.15, 0.2) is 84.0 Å². The van der Waals surface area contributed by atoms with Gasteiger partial charge in [-0.15, -0.1) is 0 Å². The second kappa shape index (κ2) is 33.1. The van der Waals surface area contributed by atoms with Crippen molar-refractivity contribution >= 4 is 47.3 Å². The van der Waals surface area contributed by atoms with Gasteiger partial charge in [0.25, 0.3) is 0 Å². The van der Waals surface area contributed by atoms with E-state index < -0.39 is 119 Å². The Morgan fingerprint density at radius 3 is 0.987 bits per heavy atom. The zero-order valence-corrected chi connectivity index (χ0v) is 48.5. The molecule has 0 spiro atoms. The van der Waals surface area contributed by atoms with Gasteiger partial charge in [0.1, 0.15) is 36.3 Å². The fourth-order valence-corrected chi connectivity index (χ4v) is 9.36. The van der Waals surface area contributed by atoms with Crippen molar-refractivity contribution < 1.29 is 38.4 Å². The van der Waals surface area contributed by atoms with E-state index in [1.165, 1.54) is 0 Å². The minimum atomic E-state index is -1.11. The van der Waals surface area contributed by atoms with Gasteiger partial charge in [0.05, 0.1) is 23.9 Å². The first kappa shape index (κ1) is 65.9. The summed E-state index contributed by atoms with van der Waals surface area (Å²) in [6, 6.07) is 11.3. The molecule has 0 fully saturated rings. The van der Waals surface area contributed by atoms with E-state index in [0.29, 0.717) is 36.8 Å². The fourth-order valence-electron chi connectivity index (χ4n) is 9.36. The number of carbonyl (C=O) groups excluding carboxylic acids is 8. The quantitative estimate of drug-likeness (QED) is 0.106. The van der Waals surface area contributed by atoms with E-state index in [2.05, 4.69) is 42.5 Å². The van der Waals surface area contributed by atoms with Gasteiger partial charge < -0.3 is 54.0 Å². The molecule has 2 aromatic rings. The highest BCUT2D eigenvalue weighted by Crippen LogP contribution is 2.19. The first-order valence-corrected chi connectivity index (χ1v) is 28.1. The van der Waals surface area contributed by atoms with Gasteiger partial charge in [0, 0.05) is 0 Å². The summed E-state index contributed by atoms with van der Waals surface area (Å²) in [5, 5.41) is 23.7. The molecule has 10 atom stereocenters. The average Bonchev–Trinajstić information content (AvgIpc) is 3.38. The predicted octanol–water partition coefficient (Wildman–Crippen LogP) is 4.41. The first-order chi connectivity index (χ1) is 36.8. The third-order valence-corrected chi connectivity index (χ3v) is 14.0. The highest BCUT2D eigenvalue weighted by molar-refractivity contribution is 5.96. The topological polar surface area (TPSA) is 285 Å². The molecule has 1 aliphatic rings. The molecule has 8 amide bonds. The second-order valence-electron chi connectivity index (χ2n) is 22.7. The summed E-state index contributed by atoms with van der Waals surface area (Å²) < 4.78 is 0. The number of nitrogens with one attached hydrogen (secondary N) is 8. The van der Waals surface area contributed by atoms with Crippen LogP contribution in [0.1, 0.15) is 133 Å². The standard InChI is InChI=1S/C60H94N10O8/c1-35(2)29-49-57(75)65-47(33-43-21-15-13-16-22-43)39(9)31-41(11)53(71)70-52(38(7)8)60(78)64-46(26-20-28-62)56(74)68-50(30-36(3)4)58(76)66-48(34-44-23-17-14-18-24-44)40(10)32-42(12)54(72)69-51(37(5)6)59(77)63-45(25-19-27-61)55(73)67-49/h13-18,21-24,31-32,35-38,41-42,45-52H,19-20,25-30,33-34,61-62H2,1-12H3,(H,63,77)(H,64,78)(H,65,75)(H,66,76)(H,67,73)(H,68,74)(H,69,72)(H,70,71)/b39-31+,40-32+/t41-,42-,45+,46+,47-,48-,49+,50+,51+,52+/m1/s1. The van der Waals surface area contributed by atoms with Gasteiger partial charge in [-0.3, -0.25) is 38.4 Å². The normalized spacial score (nSPS) is 27.0. The summed E-state index contributed by atoms with van der Waals surface area (Å²) in [5.41, 5.74) is 14.9. The lowest BCUT2D eigenvalue weighted by Gasteiger charge is -2.29. The van der Waals surface area contributed by atoms with Crippen LogP contribution in [0, 0.1) is 35.5 Å². The van der Waals surface area contributed by atoms with Crippen molar-refractivity contribution in [2.45, 2.75) is 183 Å². The molecule has 432 valence electrons. The maximum atomic E-state index is 14.5. The van der Waals surface area contributed by atoms with Crippen LogP contribution >= 0.6 is 0 Å². The maximum Gasteiger partial charge on any atom is 0.243 e. The SMILES string of the molecule is C/C1=C\[C@@H](C)C(=O)N[C@@H](C(C)C)C(=O)N[C@@H](CCCN)C(=O)N[C@@H](CC(C)C)C(=O)N[C@H](Cc2ccccc2)/C(C)=C/[C@@H](C)C(=O)N[C@@H](C(C)C)C(=O)N[C@@H](CCCN)C(=O)N[C@@H](CC(C)C)C(=O)N[C@@H]1Cc1ccccc1. The Labute approximate surface area is 464 Å². The van der Waals surface area contributed by atoms with E-state index >= 15 is 0 Å². The van der Waals surface area contributed by atoms with Gasteiger partial charge in [0.2, 0.25) is 47.3 Å². The van der Waals surface area contributed by atoms with Crippen LogP contribution in [0.4, 0.5) is 0 Å². The van der Waals surface area contributed by atoms with E-state index in [9.17, 15) is 38.4 Å². The summed E-state index contributed by atoms with van der Waals surface area (Å²) in [7, 11) is 0. The van der Waals surface area contributed by atoms with Crippen molar-refractivity contribution in [3.8, 4) is 0 Å². The predicted molar refractivity (Wildman–Crippen MR) is 307 cm³/mol. The maximum absolute atomic E-state index is 14.5.